The molecular weight excluding hydrogens is 436 g/mol. The zero-order valence-corrected chi connectivity index (χ0v) is 19.4. The zero-order valence-electron chi connectivity index (χ0n) is 17.8. The molecule has 0 atom stereocenters. The maximum absolute atomic E-state index is 12.4. The number of thioether (sulfide) groups is 1. The smallest absolute Gasteiger partial charge is 0.340 e. The molecule has 0 spiro atoms. The number of carbonyl (C=O) groups is 2. The molecule has 0 aliphatic heterocycles. The summed E-state index contributed by atoms with van der Waals surface area (Å²) in [5.41, 5.74) is 2.52. The zero-order chi connectivity index (χ0) is 22.4. The molecule has 0 aliphatic carbocycles. The molecule has 3 aromatic rings. The second kappa shape index (κ2) is 10.5. The van der Waals surface area contributed by atoms with Gasteiger partial charge in [0.25, 0.3) is 0 Å². The second-order valence-electron chi connectivity index (χ2n) is 6.69. The van der Waals surface area contributed by atoms with Gasteiger partial charge in [-0.3, -0.25) is 4.79 Å². The fourth-order valence-corrected chi connectivity index (χ4v) is 4.44. The van der Waals surface area contributed by atoms with Gasteiger partial charge in [0.2, 0.25) is 5.91 Å². The Morgan fingerprint density at radius 3 is 2.77 bits per heavy atom. The van der Waals surface area contributed by atoms with E-state index in [1.54, 1.807) is 11.4 Å². The van der Waals surface area contributed by atoms with E-state index in [1.807, 2.05) is 43.5 Å². The molecule has 0 radical (unpaired) electrons. The van der Waals surface area contributed by atoms with Crippen molar-refractivity contribution >= 4 is 40.0 Å². The summed E-state index contributed by atoms with van der Waals surface area (Å²) in [6, 6.07) is 7.68. The molecule has 3 rings (SSSR count). The third-order valence-electron chi connectivity index (χ3n) is 4.47. The van der Waals surface area contributed by atoms with Gasteiger partial charge in [-0.15, -0.1) is 21.5 Å². The Labute approximate surface area is 189 Å². The number of esters is 1. The van der Waals surface area contributed by atoms with Crippen molar-refractivity contribution in [2.75, 3.05) is 18.2 Å². The number of benzene rings is 1. The Hall–Kier alpha value is -2.85. The molecule has 10 heteroatoms. The number of nitrogens with one attached hydrogen (secondary N) is 1. The molecular formula is C21H24N4O4S2. The molecule has 2 heterocycles. The summed E-state index contributed by atoms with van der Waals surface area (Å²) in [7, 11) is 1.31. The predicted molar refractivity (Wildman–Crippen MR) is 121 cm³/mol. The maximum Gasteiger partial charge on any atom is 0.340 e. The van der Waals surface area contributed by atoms with Crippen LogP contribution in [0.15, 0.2) is 34.8 Å². The molecule has 0 unspecified atom stereocenters. The Morgan fingerprint density at radius 2 is 2.03 bits per heavy atom. The normalized spacial score (nSPS) is 10.7. The highest BCUT2D eigenvalue weighted by Crippen LogP contribution is 2.25. The lowest BCUT2D eigenvalue weighted by molar-refractivity contribution is -0.113. The molecule has 0 aliphatic rings. The lowest BCUT2D eigenvalue weighted by Gasteiger charge is -2.11. The number of ether oxygens (including phenoxy) is 2. The third-order valence-corrected chi connectivity index (χ3v) is 6.26. The number of amides is 1. The monoisotopic (exact) mass is 460 g/mol. The number of hydrogen-bond acceptors (Lipinski definition) is 8. The minimum atomic E-state index is -0.483. The van der Waals surface area contributed by atoms with Crippen molar-refractivity contribution in [3.63, 3.8) is 0 Å². The van der Waals surface area contributed by atoms with Crippen LogP contribution in [0.25, 0.3) is 0 Å². The SMILES string of the molecule is CCn1c(COc2cc(C)ccc2C)nnc1SCC(=O)Nc1sccc1C(=O)OC. The van der Waals surface area contributed by atoms with Crippen LogP contribution in [0.4, 0.5) is 5.00 Å². The van der Waals surface area contributed by atoms with Crippen LogP contribution in [0, 0.1) is 13.8 Å². The molecule has 1 N–H and O–H groups in total. The lowest BCUT2D eigenvalue weighted by Crippen LogP contribution is -2.16. The van der Waals surface area contributed by atoms with E-state index in [9.17, 15) is 9.59 Å². The van der Waals surface area contributed by atoms with Gasteiger partial charge >= 0.3 is 5.97 Å². The average molecular weight is 461 g/mol. The van der Waals surface area contributed by atoms with E-state index in [0.717, 1.165) is 16.9 Å². The Balaban J connectivity index is 1.60. The molecule has 1 amide bonds. The second-order valence-corrected chi connectivity index (χ2v) is 8.55. The number of carbonyl (C=O) groups excluding carboxylic acids is 2. The van der Waals surface area contributed by atoms with E-state index in [0.29, 0.717) is 28.1 Å². The van der Waals surface area contributed by atoms with E-state index < -0.39 is 5.97 Å². The number of nitrogens with zero attached hydrogens (tertiary/aromatic N) is 3. The van der Waals surface area contributed by atoms with Crippen molar-refractivity contribution in [1.29, 1.82) is 0 Å². The van der Waals surface area contributed by atoms with Gasteiger partial charge in [-0.05, 0) is 49.4 Å². The van der Waals surface area contributed by atoms with Crippen LogP contribution in [-0.4, -0.2) is 39.5 Å². The third kappa shape index (κ3) is 5.65. The number of hydrogen-bond donors (Lipinski definition) is 1. The summed E-state index contributed by atoms with van der Waals surface area (Å²) in [5.74, 6) is 0.920. The van der Waals surface area contributed by atoms with Gasteiger partial charge in [-0.25, -0.2) is 4.79 Å². The fraction of sp³-hybridized carbons (Fsp3) is 0.333. The van der Waals surface area contributed by atoms with Crippen molar-refractivity contribution in [2.24, 2.45) is 0 Å². The first-order chi connectivity index (χ1) is 14.9. The van der Waals surface area contributed by atoms with Crippen molar-refractivity contribution in [1.82, 2.24) is 14.8 Å². The van der Waals surface area contributed by atoms with Gasteiger partial charge in [-0.1, -0.05) is 23.9 Å². The van der Waals surface area contributed by atoms with Gasteiger partial charge in [0.05, 0.1) is 18.4 Å². The van der Waals surface area contributed by atoms with Crippen molar-refractivity contribution in [2.45, 2.75) is 39.1 Å². The molecule has 0 saturated heterocycles. The number of methoxy groups -OCH3 is 1. The number of aryl methyl sites for hydroxylation is 2. The molecule has 31 heavy (non-hydrogen) atoms. The van der Waals surface area contributed by atoms with E-state index >= 15 is 0 Å². The van der Waals surface area contributed by atoms with Crippen molar-refractivity contribution in [3.05, 3.63) is 52.2 Å². The Kier molecular flexibility index (Phi) is 7.69. The van der Waals surface area contributed by atoms with Crippen LogP contribution < -0.4 is 10.1 Å². The minimum Gasteiger partial charge on any atom is -0.485 e. The topological polar surface area (TPSA) is 95.3 Å². The number of rotatable bonds is 9. The first kappa shape index (κ1) is 22.8. The molecule has 0 saturated carbocycles. The van der Waals surface area contributed by atoms with Gasteiger partial charge in [0, 0.05) is 6.54 Å². The summed E-state index contributed by atoms with van der Waals surface area (Å²) in [6.45, 7) is 6.95. The fourth-order valence-electron chi connectivity index (χ4n) is 2.82. The van der Waals surface area contributed by atoms with Crippen molar-refractivity contribution in [3.8, 4) is 5.75 Å². The molecule has 2 aromatic heterocycles. The first-order valence-electron chi connectivity index (χ1n) is 9.63. The largest absolute Gasteiger partial charge is 0.485 e. The summed E-state index contributed by atoms with van der Waals surface area (Å²) >= 11 is 2.55. The Bertz CT molecular complexity index is 1080. The quantitative estimate of drug-likeness (QED) is 0.380. The standard InChI is InChI=1S/C21H24N4O4S2/c1-5-25-17(11-29-16-10-13(2)6-7-14(16)3)23-24-21(25)31-12-18(26)22-19-15(8-9-30-19)20(27)28-4/h6-10H,5,11-12H2,1-4H3,(H,22,26). The number of thiophene rings is 1. The van der Waals surface area contributed by atoms with Crippen LogP contribution in [0.5, 0.6) is 5.75 Å². The molecule has 0 fully saturated rings. The average Bonchev–Trinajstić information content (AvgIpc) is 3.38. The minimum absolute atomic E-state index is 0.133. The molecule has 164 valence electrons. The number of aromatic nitrogens is 3. The number of anilines is 1. The van der Waals surface area contributed by atoms with E-state index in [-0.39, 0.29) is 18.3 Å². The van der Waals surface area contributed by atoms with Crippen molar-refractivity contribution < 1.29 is 19.1 Å². The first-order valence-corrected chi connectivity index (χ1v) is 11.5. The summed E-state index contributed by atoms with van der Waals surface area (Å²) in [5, 5.41) is 14.0. The summed E-state index contributed by atoms with van der Waals surface area (Å²) in [4.78, 5) is 24.1. The highest BCUT2D eigenvalue weighted by Gasteiger charge is 2.17. The molecule has 0 bridgehead atoms. The highest BCUT2D eigenvalue weighted by molar-refractivity contribution is 7.99. The van der Waals surface area contributed by atoms with E-state index in [1.165, 1.54) is 30.2 Å². The van der Waals surface area contributed by atoms with Crippen LogP contribution in [0.3, 0.4) is 0 Å². The summed E-state index contributed by atoms with van der Waals surface area (Å²) in [6.07, 6.45) is 0. The van der Waals surface area contributed by atoms with Gasteiger partial charge in [-0.2, -0.15) is 0 Å². The van der Waals surface area contributed by atoms with Gasteiger partial charge in [0.15, 0.2) is 11.0 Å². The maximum atomic E-state index is 12.4. The Morgan fingerprint density at radius 1 is 1.23 bits per heavy atom. The van der Waals surface area contributed by atoms with Crippen LogP contribution in [0.2, 0.25) is 0 Å². The predicted octanol–water partition coefficient (Wildman–Crippen LogP) is 4.07. The molecule has 1 aromatic carbocycles. The van der Waals surface area contributed by atoms with Crippen LogP contribution >= 0.6 is 23.1 Å². The van der Waals surface area contributed by atoms with E-state index in [2.05, 4.69) is 15.5 Å². The lowest BCUT2D eigenvalue weighted by atomic mass is 10.1. The summed E-state index contributed by atoms with van der Waals surface area (Å²) < 4.78 is 12.6. The van der Waals surface area contributed by atoms with Crippen LogP contribution in [0.1, 0.15) is 34.2 Å². The molecule has 8 nitrogen and oxygen atoms in total. The van der Waals surface area contributed by atoms with Gasteiger partial charge < -0.3 is 19.4 Å². The highest BCUT2D eigenvalue weighted by atomic mass is 32.2. The van der Waals surface area contributed by atoms with E-state index in [4.69, 9.17) is 9.47 Å². The van der Waals surface area contributed by atoms with Gasteiger partial charge in [0.1, 0.15) is 17.4 Å². The van der Waals surface area contributed by atoms with Crippen LogP contribution in [-0.2, 0) is 22.7 Å².